The first-order chi connectivity index (χ1) is 17.7. The van der Waals surface area contributed by atoms with Gasteiger partial charge in [-0.2, -0.15) is 0 Å². The third-order valence-electron chi connectivity index (χ3n) is 7.72. The molecule has 172 valence electrons. The van der Waals surface area contributed by atoms with Crippen molar-refractivity contribution in [1.29, 1.82) is 0 Å². The summed E-state index contributed by atoms with van der Waals surface area (Å²) in [6.07, 6.45) is 15.9. The molecule has 2 atom stereocenters. The Hall–Kier alpha value is -3.93. The third-order valence-corrected chi connectivity index (χ3v) is 10.8. The van der Waals surface area contributed by atoms with E-state index in [0.717, 1.165) is 21.5 Å². The van der Waals surface area contributed by atoms with Crippen LogP contribution in [0.5, 0.6) is 0 Å². The van der Waals surface area contributed by atoms with Gasteiger partial charge < -0.3 is 4.57 Å². The van der Waals surface area contributed by atoms with E-state index in [0.29, 0.717) is 11.8 Å². The van der Waals surface area contributed by atoms with E-state index in [1.54, 1.807) is 0 Å². The fourth-order valence-corrected chi connectivity index (χ4v) is 8.62. The molecule has 0 saturated carbocycles. The van der Waals surface area contributed by atoms with Crippen LogP contribution in [0.3, 0.4) is 0 Å². The van der Waals surface area contributed by atoms with Gasteiger partial charge in [0, 0.05) is 27.7 Å². The fraction of sp³-hybridized carbons (Fsp3) is 0.0588. The molecule has 3 aliphatic rings. The Morgan fingerprint density at radius 2 is 1.28 bits per heavy atom. The molecule has 0 spiro atoms. The van der Waals surface area contributed by atoms with Crippen LogP contribution in [0.1, 0.15) is 22.6 Å². The third kappa shape index (κ3) is 3.20. The number of allylic oxidation sites excluding steroid dienone is 6. The smallest absolute Gasteiger partial charge is 0.171 e. The number of benzene rings is 4. The van der Waals surface area contributed by atoms with Crippen molar-refractivity contribution in [2.75, 3.05) is 0 Å². The molecule has 0 radical (unpaired) electrons. The lowest BCUT2D eigenvalue weighted by Gasteiger charge is -2.35. The van der Waals surface area contributed by atoms with Crippen LogP contribution < -0.4 is 15.9 Å². The molecule has 0 aromatic heterocycles. The van der Waals surface area contributed by atoms with Gasteiger partial charge in [-0.1, -0.05) is 140 Å². The normalized spacial score (nSPS) is 19.1. The molecule has 2 unspecified atom stereocenters. The zero-order chi connectivity index (χ0) is 24.1. The van der Waals surface area contributed by atoms with Crippen LogP contribution in [0.4, 0.5) is 0 Å². The second kappa shape index (κ2) is 8.33. The molecule has 0 N–H and O–H groups in total. The maximum absolute atomic E-state index is 14.7. The quantitative estimate of drug-likeness (QED) is 0.281. The topological polar surface area (TPSA) is 17.1 Å². The average Bonchev–Trinajstić information content (AvgIpc) is 2.96. The molecule has 4 aromatic carbocycles. The number of hydrogen-bond acceptors (Lipinski definition) is 1. The molecule has 0 bridgehead atoms. The lowest BCUT2D eigenvalue weighted by molar-refractivity contribution is 0.592. The molecule has 4 aromatic rings. The summed E-state index contributed by atoms with van der Waals surface area (Å²) in [4.78, 5) is 0. The molecule has 2 heteroatoms. The maximum atomic E-state index is 14.7. The predicted octanol–water partition coefficient (Wildman–Crippen LogP) is 7.24. The minimum absolute atomic E-state index is 0.394. The van der Waals surface area contributed by atoms with Gasteiger partial charge >= 0.3 is 0 Å². The van der Waals surface area contributed by atoms with Gasteiger partial charge in [0.2, 0.25) is 0 Å². The summed E-state index contributed by atoms with van der Waals surface area (Å²) in [5.41, 5.74) is 7.82. The summed E-state index contributed by atoms with van der Waals surface area (Å²) in [7, 11) is -2.98. The van der Waals surface area contributed by atoms with Crippen molar-refractivity contribution in [3.8, 4) is 11.1 Å². The molecule has 0 fully saturated rings. The van der Waals surface area contributed by atoms with Crippen LogP contribution in [0.25, 0.3) is 23.3 Å². The van der Waals surface area contributed by atoms with Crippen molar-refractivity contribution in [1.82, 2.24) is 0 Å². The Bertz CT molecular complexity index is 1590. The van der Waals surface area contributed by atoms with Crippen LogP contribution in [0.15, 0.2) is 133 Å². The van der Waals surface area contributed by atoms with Crippen molar-refractivity contribution in [3.63, 3.8) is 0 Å². The van der Waals surface area contributed by atoms with Gasteiger partial charge in [-0.15, -0.1) is 0 Å². The summed E-state index contributed by atoms with van der Waals surface area (Å²) >= 11 is 0. The van der Waals surface area contributed by atoms with E-state index in [-0.39, 0.29) is 0 Å². The summed E-state index contributed by atoms with van der Waals surface area (Å²) in [5, 5.41) is 2.58. The Morgan fingerprint density at radius 3 is 1.97 bits per heavy atom. The van der Waals surface area contributed by atoms with Crippen molar-refractivity contribution < 1.29 is 4.57 Å². The summed E-state index contributed by atoms with van der Waals surface area (Å²) in [6.45, 7) is 0. The second-order valence-corrected chi connectivity index (χ2v) is 12.4. The van der Waals surface area contributed by atoms with Gasteiger partial charge in [0.05, 0.1) is 0 Å². The van der Waals surface area contributed by atoms with Crippen molar-refractivity contribution >= 4 is 35.2 Å². The Balaban J connectivity index is 1.35. The maximum Gasteiger partial charge on any atom is 0.171 e. The van der Waals surface area contributed by atoms with E-state index in [9.17, 15) is 4.57 Å². The van der Waals surface area contributed by atoms with E-state index < -0.39 is 7.14 Å². The van der Waals surface area contributed by atoms with Crippen molar-refractivity contribution in [3.05, 3.63) is 150 Å². The number of hydrogen-bond donors (Lipinski definition) is 0. The number of rotatable bonds is 4. The first-order valence-electron chi connectivity index (χ1n) is 12.5. The first-order valence-corrected chi connectivity index (χ1v) is 14.2. The van der Waals surface area contributed by atoms with Gasteiger partial charge in [0.25, 0.3) is 0 Å². The zero-order valence-corrected chi connectivity index (χ0v) is 20.7. The molecule has 7 rings (SSSR count). The molecule has 0 saturated heterocycles. The SMILES string of the molecule is O=P(c1ccccc1)(c1ccccc1)c1ccc(-c2ccc3c4c2C=CC2C=CC=C(C=C3)C42)cc1. The van der Waals surface area contributed by atoms with E-state index >= 15 is 0 Å². The van der Waals surface area contributed by atoms with Crippen LogP contribution in [0, 0.1) is 5.92 Å². The van der Waals surface area contributed by atoms with Gasteiger partial charge in [-0.05, 0) is 33.4 Å². The van der Waals surface area contributed by atoms with E-state index in [2.05, 4.69) is 78.9 Å². The Kier molecular flexibility index (Phi) is 4.94. The molecule has 0 amide bonds. The highest BCUT2D eigenvalue weighted by Gasteiger charge is 2.34. The van der Waals surface area contributed by atoms with Gasteiger partial charge in [0.15, 0.2) is 7.14 Å². The molecule has 0 aliphatic heterocycles. The zero-order valence-electron chi connectivity index (χ0n) is 19.8. The Labute approximate surface area is 212 Å². The van der Waals surface area contributed by atoms with Crippen LogP contribution in [-0.4, -0.2) is 0 Å². The monoisotopic (exact) mass is 480 g/mol. The fourth-order valence-electron chi connectivity index (χ4n) is 5.97. The van der Waals surface area contributed by atoms with Crippen molar-refractivity contribution in [2.24, 2.45) is 5.92 Å². The van der Waals surface area contributed by atoms with E-state index in [4.69, 9.17) is 0 Å². The minimum atomic E-state index is -2.98. The molecule has 1 nitrogen and oxygen atoms in total. The minimum Gasteiger partial charge on any atom is -0.309 e. The van der Waals surface area contributed by atoms with Crippen molar-refractivity contribution in [2.45, 2.75) is 5.92 Å². The highest BCUT2D eigenvalue weighted by molar-refractivity contribution is 7.85. The molecule has 36 heavy (non-hydrogen) atoms. The van der Waals surface area contributed by atoms with Gasteiger partial charge in [-0.25, -0.2) is 0 Å². The lowest BCUT2D eigenvalue weighted by atomic mass is 9.68. The molecular weight excluding hydrogens is 455 g/mol. The molecule has 0 heterocycles. The Morgan fingerprint density at radius 1 is 0.611 bits per heavy atom. The molecule has 3 aliphatic carbocycles. The van der Waals surface area contributed by atoms with Gasteiger partial charge in [-0.3, -0.25) is 0 Å². The van der Waals surface area contributed by atoms with E-state index in [1.807, 2.05) is 60.7 Å². The van der Waals surface area contributed by atoms with Gasteiger partial charge in [0.1, 0.15) is 0 Å². The standard InChI is InChI=1S/C34H25OP/c35-36(28-10-3-1-4-11-28,29-12-5-2-6-13-29)30-20-16-24(17-21-30)31-22-18-27-15-14-25-8-7-9-26-19-23-32(31)34(27)33(25)26/h1-23,26,33H. The second-order valence-electron chi connectivity index (χ2n) is 9.66. The van der Waals surface area contributed by atoms with Crippen LogP contribution in [-0.2, 0) is 4.57 Å². The largest absolute Gasteiger partial charge is 0.309 e. The first kappa shape index (κ1) is 21.4. The highest BCUT2D eigenvalue weighted by Crippen LogP contribution is 2.49. The van der Waals surface area contributed by atoms with Crippen LogP contribution in [0.2, 0.25) is 0 Å². The summed E-state index contributed by atoms with van der Waals surface area (Å²) in [5.74, 6) is 0.812. The van der Waals surface area contributed by atoms with E-state index in [1.165, 1.54) is 27.8 Å². The summed E-state index contributed by atoms with van der Waals surface area (Å²) < 4.78 is 14.7. The highest BCUT2D eigenvalue weighted by atomic mass is 31.2. The van der Waals surface area contributed by atoms with Crippen LogP contribution >= 0.6 is 7.14 Å². The average molecular weight is 481 g/mol. The summed E-state index contributed by atoms with van der Waals surface area (Å²) in [6, 6.07) is 32.6. The predicted molar refractivity (Wildman–Crippen MR) is 153 cm³/mol. The lowest BCUT2D eigenvalue weighted by Crippen LogP contribution is -2.24. The molecular formula is C34H25OP.